The van der Waals surface area contributed by atoms with Crippen LogP contribution in [0.3, 0.4) is 0 Å². The van der Waals surface area contributed by atoms with Gasteiger partial charge in [0.15, 0.2) is 0 Å². The highest BCUT2D eigenvalue weighted by Gasteiger charge is 2.27. The Balaban J connectivity index is 2.05. The summed E-state index contributed by atoms with van der Waals surface area (Å²) >= 11 is 0. The molecule has 5 heteroatoms. The predicted octanol–water partition coefficient (Wildman–Crippen LogP) is 2.04. The number of hydrogen-bond donors (Lipinski definition) is 1. The first-order valence-corrected chi connectivity index (χ1v) is 6.53. The zero-order valence-corrected chi connectivity index (χ0v) is 10.9. The average Bonchev–Trinajstić information content (AvgIpc) is 2.80. The van der Waals surface area contributed by atoms with Crippen molar-refractivity contribution >= 4 is 0 Å². The molecule has 1 aliphatic rings. The third-order valence-electron chi connectivity index (χ3n) is 3.72. The Bertz CT molecular complexity index is 576. The van der Waals surface area contributed by atoms with E-state index < -0.39 is 0 Å². The van der Waals surface area contributed by atoms with Crippen LogP contribution in [0.1, 0.15) is 36.6 Å². The number of rotatable bonds is 4. The van der Waals surface area contributed by atoms with E-state index in [0.717, 1.165) is 30.0 Å². The molecule has 0 unspecified atom stereocenters. The third-order valence-corrected chi connectivity index (χ3v) is 3.72. The molecule has 100 valence electrons. The maximum Gasteiger partial charge on any atom is 0.121 e. The molecule has 2 aromatic rings. The molecule has 19 heavy (non-hydrogen) atoms. The summed E-state index contributed by atoms with van der Waals surface area (Å²) in [6.45, 7) is -0.0597. The molecule has 0 atom stereocenters. The van der Waals surface area contributed by atoms with E-state index in [1.807, 2.05) is 28.9 Å². The highest BCUT2D eigenvalue weighted by molar-refractivity contribution is 5.40. The molecule has 0 bridgehead atoms. The van der Waals surface area contributed by atoms with E-state index >= 15 is 0 Å². The van der Waals surface area contributed by atoms with Crippen molar-refractivity contribution in [3.05, 3.63) is 35.7 Å². The lowest BCUT2D eigenvalue weighted by molar-refractivity contribution is 0.272. The van der Waals surface area contributed by atoms with Gasteiger partial charge in [0.1, 0.15) is 11.4 Å². The highest BCUT2D eigenvalue weighted by atomic mass is 16.5. The molecule has 1 aromatic carbocycles. The van der Waals surface area contributed by atoms with Crippen LogP contribution < -0.4 is 4.74 Å². The number of ether oxygens (including phenoxy) is 1. The summed E-state index contributed by atoms with van der Waals surface area (Å²) in [4.78, 5) is 0. The molecule has 1 aliphatic carbocycles. The molecule has 1 aromatic heterocycles. The molecule has 0 amide bonds. The molecule has 0 spiro atoms. The molecule has 0 saturated heterocycles. The first-order valence-electron chi connectivity index (χ1n) is 6.53. The summed E-state index contributed by atoms with van der Waals surface area (Å²) in [6.07, 6.45) is 3.52. The van der Waals surface area contributed by atoms with Crippen molar-refractivity contribution in [1.29, 1.82) is 0 Å². The summed E-state index contributed by atoms with van der Waals surface area (Å²) in [5, 5.41) is 17.7. The molecule has 0 radical (unpaired) electrons. The Morgan fingerprint density at radius 3 is 2.89 bits per heavy atom. The number of aliphatic hydroxyl groups is 1. The van der Waals surface area contributed by atoms with Crippen LogP contribution in [0.4, 0.5) is 0 Å². The third kappa shape index (κ3) is 2.10. The van der Waals surface area contributed by atoms with Crippen LogP contribution in [0, 0.1) is 0 Å². The lowest BCUT2D eigenvalue weighted by Gasteiger charge is -2.26. The molecule has 1 heterocycles. The molecular formula is C14H17N3O2. The fraction of sp³-hybridized carbons (Fsp3) is 0.429. The van der Waals surface area contributed by atoms with Crippen molar-refractivity contribution in [3.63, 3.8) is 0 Å². The molecular weight excluding hydrogens is 242 g/mol. The summed E-state index contributed by atoms with van der Waals surface area (Å²) < 4.78 is 7.07. The Kier molecular flexibility index (Phi) is 3.21. The number of aliphatic hydroxyl groups excluding tert-OH is 1. The van der Waals surface area contributed by atoms with Gasteiger partial charge in [-0.1, -0.05) is 17.7 Å². The van der Waals surface area contributed by atoms with Crippen LogP contribution in [0.5, 0.6) is 5.75 Å². The smallest absolute Gasteiger partial charge is 0.121 e. The quantitative estimate of drug-likeness (QED) is 0.912. The van der Waals surface area contributed by atoms with Crippen molar-refractivity contribution in [1.82, 2.24) is 15.0 Å². The molecule has 5 nitrogen and oxygen atoms in total. The average molecular weight is 259 g/mol. The van der Waals surface area contributed by atoms with E-state index in [4.69, 9.17) is 4.74 Å². The monoisotopic (exact) mass is 259 g/mol. The summed E-state index contributed by atoms with van der Waals surface area (Å²) in [5.41, 5.74) is 2.66. The fourth-order valence-corrected chi connectivity index (χ4v) is 2.46. The first kappa shape index (κ1) is 12.2. The van der Waals surface area contributed by atoms with Gasteiger partial charge in [-0.3, -0.25) is 0 Å². The van der Waals surface area contributed by atoms with Gasteiger partial charge >= 0.3 is 0 Å². The molecule has 0 aliphatic heterocycles. The maximum atomic E-state index is 9.41. The van der Waals surface area contributed by atoms with E-state index in [1.54, 1.807) is 7.11 Å². The summed E-state index contributed by atoms with van der Waals surface area (Å²) in [6, 6.07) is 7.73. The van der Waals surface area contributed by atoms with E-state index in [2.05, 4.69) is 10.3 Å². The maximum absolute atomic E-state index is 9.41. The van der Waals surface area contributed by atoms with Gasteiger partial charge in [0.05, 0.1) is 25.1 Å². The minimum atomic E-state index is -0.0597. The minimum absolute atomic E-state index is 0.0597. The normalized spacial score (nSPS) is 15.3. The number of benzene rings is 1. The number of methoxy groups -OCH3 is 1. The van der Waals surface area contributed by atoms with Crippen LogP contribution in [0.15, 0.2) is 24.3 Å². The van der Waals surface area contributed by atoms with Gasteiger partial charge < -0.3 is 9.84 Å². The van der Waals surface area contributed by atoms with Gasteiger partial charge in [0.2, 0.25) is 0 Å². The second-order valence-electron chi connectivity index (χ2n) is 4.82. The van der Waals surface area contributed by atoms with Crippen molar-refractivity contribution in [2.75, 3.05) is 7.11 Å². The number of nitrogens with zero attached hydrogens (tertiary/aromatic N) is 3. The van der Waals surface area contributed by atoms with E-state index in [-0.39, 0.29) is 6.61 Å². The summed E-state index contributed by atoms with van der Waals surface area (Å²) in [5.74, 6) is 1.25. The highest BCUT2D eigenvalue weighted by Crippen LogP contribution is 2.38. The molecule has 1 fully saturated rings. The van der Waals surface area contributed by atoms with E-state index in [0.29, 0.717) is 11.6 Å². The lowest BCUT2D eigenvalue weighted by Crippen LogP contribution is -2.16. The Hall–Kier alpha value is -1.88. The molecule has 3 rings (SSSR count). The molecule has 1 saturated carbocycles. The fourth-order valence-electron chi connectivity index (χ4n) is 2.46. The van der Waals surface area contributed by atoms with Crippen LogP contribution in [-0.4, -0.2) is 27.2 Å². The number of hydrogen-bond acceptors (Lipinski definition) is 4. The SMILES string of the molecule is COc1cccc(-n2nnc(CO)c2C2CCC2)c1. The Labute approximate surface area is 111 Å². The standard InChI is InChI=1S/C14H17N3O2/c1-19-12-7-3-6-11(8-12)17-14(10-4-2-5-10)13(9-18)15-16-17/h3,6-8,10,18H,2,4-5,9H2,1H3. The van der Waals surface area contributed by atoms with Crippen LogP contribution >= 0.6 is 0 Å². The van der Waals surface area contributed by atoms with Gasteiger partial charge in [-0.2, -0.15) is 0 Å². The van der Waals surface area contributed by atoms with Gasteiger partial charge in [-0.15, -0.1) is 5.10 Å². The van der Waals surface area contributed by atoms with Gasteiger partial charge in [-0.25, -0.2) is 4.68 Å². The predicted molar refractivity (Wildman–Crippen MR) is 70.4 cm³/mol. The van der Waals surface area contributed by atoms with E-state index in [9.17, 15) is 5.11 Å². The largest absolute Gasteiger partial charge is 0.497 e. The van der Waals surface area contributed by atoms with Gasteiger partial charge in [0.25, 0.3) is 0 Å². The summed E-state index contributed by atoms with van der Waals surface area (Å²) in [7, 11) is 1.65. The second-order valence-corrected chi connectivity index (χ2v) is 4.82. The second kappa shape index (κ2) is 5.01. The first-order chi connectivity index (χ1) is 9.33. The zero-order chi connectivity index (χ0) is 13.2. The molecule has 1 N–H and O–H groups in total. The van der Waals surface area contributed by atoms with Gasteiger partial charge in [0, 0.05) is 12.0 Å². The van der Waals surface area contributed by atoms with Gasteiger partial charge in [-0.05, 0) is 25.0 Å². The van der Waals surface area contributed by atoms with Crippen LogP contribution in [0.25, 0.3) is 5.69 Å². The van der Waals surface area contributed by atoms with Crippen LogP contribution in [0.2, 0.25) is 0 Å². The van der Waals surface area contributed by atoms with Crippen molar-refractivity contribution in [3.8, 4) is 11.4 Å². The lowest BCUT2D eigenvalue weighted by atomic mass is 9.82. The zero-order valence-electron chi connectivity index (χ0n) is 10.9. The minimum Gasteiger partial charge on any atom is -0.497 e. The van der Waals surface area contributed by atoms with Crippen molar-refractivity contribution < 1.29 is 9.84 Å². The number of aromatic nitrogens is 3. The van der Waals surface area contributed by atoms with Crippen molar-refractivity contribution in [2.24, 2.45) is 0 Å². The Morgan fingerprint density at radius 2 is 2.26 bits per heavy atom. The topological polar surface area (TPSA) is 60.2 Å². The van der Waals surface area contributed by atoms with Crippen molar-refractivity contribution in [2.45, 2.75) is 31.8 Å². The van der Waals surface area contributed by atoms with E-state index in [1.165, 1.54) is 6.42 Å². The Morgan fingerprint density at radius 1 is 1.42 bits per heavy atom. The van der Waals surface area contributed by atoms with Crippen LogP contribution in [-0.2, 0) is 6.61 Å².